The van der Waals surface area contributed by atoms with Gasteiger partial charge in [0.1, 0.15) is 0 Å². The molecule has 0 saturated carbocycles. The minimum Gasteiger partial charge on any atom is -0.392 e. The second-order valence-electron chi connectivity index (χ2n) is 2.41. The Hall–Kier alpha value is -0.570. The van der Waals surface area contributed by atoms with Crippen molar-refractivity contribution >= 4 is 5.91 Å². The molecule has 1 atom stereocenters. The van der Waals surface area contributed by atoms with Crippen LogP contribution in [-0.4, -0.2) is 35.1 Å². The van der Waals surface area contributed by atoms with E-state index in [0.29, 0.717) is 13.1 Å². The fourth-order valence-corrected chi connectivity index (χ4v) is 0.799. The van der Waals surface area contributed by atoms with Crippen molar-refractivity contribution in [3.8, 4) is 0 Å². The second kappa shape index (κ2) is 4.28. The predicted octanol–water partition coefficient (Wildman–Crippen LogP) is 0.236. The Labute approximate surface area is 61.6 Å². The molecule has 0 aromatic rings. The first-order chi connectivity index (χ1) is 4.57. The predicted molar refractivity (Wildman–Crippen MR) is 39.6 cm³/mol. The smallest absolute Gasteiger partial charge is 0.219 e. The Kier molecular flexibility index (Phi) is 4.03. The average molecular weight is 145 g/mol. The first-order valence-electron chi connectivity index (χ1n) is 3.51. The van der Waals surface area contributed by atoms with E-state index in [9.17, 15) is 4.79 Å². The Morgan fingerprint density at radius 3 is 2.30 bits per heavy atom. The molecule has 0 aromatic carbocycles. The molecule has 0 rings (SSSR count). The molecule has 3 heteroatoms. The third-order valence-corrected chi connectivity index (χ3v) is 1.31. The molecule has 0 aliphatic carbocycles. The van der Waals surface area contributed by atoms with E-state index in [-0.39, 0.29) is 5.91 Å². The van der Waals surface area contributed by atoms with Gasteiger partial charge in [-0.1, -0.05) is 0 Å². The highest BCUT2D eigenvalue weighted by molar-refractivity contribution is 5.73. The van der Waals surface area contributed by atoms with Crippen molar-refractivity contribution in [2.45, 2.75) is 26.9 Å². The normalized spacial score (nSPS) is 12.8. The van der Waals surface area contributed by atoms with Gasteiger partial charge >= 0.3 is 0 Å². The average Bonchev–Trinajstić information content (AvgIpc) is 1.81. The summed E-state index contributed by atoms with van der Waals surface area (Å²) in [5, 5.41) is 8.91. The number of nitrogens with zero attached hydrogens (tertiary/aromatic N) is 1. The third kappa shape index (κ3) is 3.45. The number of aliphatic hydroxyl groups is 1. The van der Waals surface area contributed by atoms with Gasteiger partial charge in [0.05, 0.1) is 6.10 Å². The highest BCUT2D eigenvalue weighted by atomic mass is 16.3. The lowest BCUT2D eigenvalue weighted by Crippen LogP contribution is -2.34. The largest absolute Gasteiger partial charge is 0.392 e. The van der Waals surface area contributed by atoms with E-state index in [0.717, 1.165) is 0 Å². The number of hydrogen-bond donors (Lipinski definition) is 1. The van der Waals surface area contributed by atoms with E-state index in [1.807, 2.05) is 6.92 Å². The maximum Gasteiger partial charge on any atom is 0.219 e. The fraction of sp³-hybridized carbons (Fsp3) is 0.857. The topological polar surface area (TPSA) is 40.5 Å². The van der Waals surface area contributed by atoms with Gasteiger partial charge in [-0.3, -0.25) is 4.79 Å². The van der Waals surface area contributed by atoms with Gasteiger partial charge in [-0.15, -0.1) is 0 Å². The molecule has 1 amide bonds. The maximum absolute atomic E-state index is 10.7. The Morgan fingerprint density at radius 2 is 2.20 bits per heavy atom. The van der Waals surface area contributed by atoms with E-state index in [2.05, 4.69) is 0 Å². The van der Waals surface area contributed by atoms with E-state index in [1.165, 1.54) is 6.92 Å². The molecule has 0 aromatic heterocycles. The number of carbonyl (C=O) groups excluding carboxylic acids is 1. The molecule has 0 heterocycles. The van der Waals surface area contributed by atoms with Crippen LogP contribution in [0.1, 0.15) is 20.8 Å². The first kappa shape index (κ1) is 9.43. The molecule has 0 fully saturated rings. The number of rotatable bonds is 3. The van der Waals surface area contributed by atoms with Crippen LogP contribution in [0.15, 0.2) is 0 Å². The lowest BCUT2D eigenvalue weighted by molar-refractivity contribution is -0.129. The summed E-state index contributed by atoms with van der Waals surface area (Å²) in [6, 6.07) is 0. The summed E-state index contributed by atoms with van der Waals surface area (Å²) in [6.07, 6.45) is -0.427. The third-order valence-electron chi connectivity index (χ3n) is 1.31. The van der Waals surface area contributed by atoms with E-state index in [4.69, 9.17) is 5.11 Å². The van der Waals surface area contributed by atoms with Gasteiger partial charge in [0, 0.05) is 20.0 Å². The first-order valence-corrected chi connectivity index (χ1v) is 3.51. The van der Waals surface area contributed by atoms with E-state index >= 15 is 0 Å². The quantitative estimate of drug-likeness (QED) is 0.617. The zero-order valence-corrected chi connectivity index (χ0v) is 6.79. The summed E-state index contributed by atoms with van der Waals surface area (Å²) >= 11 is 0. The van der Waals surface area contributed by atoms with Crippen molar-refractivity contribution in [3.05, 3.63) is 0 Å². The minimum absolute atomic E-state index is 0.0170. The van der Waals surface area contributed by atoms with Crippen LogP contribution in [0.2, 0.25) is 0 Å². The van der Waals surface area contributed by atoms with Crippen LogP contribution in [0.3, 0.4) is 0 Å². The van der Waals surface area contributed by atoms with E-state index < -0.39 is 6.10 Å². The van der Waals surface area contributed by atoms with Crippen molar-refractivity contribution in [3.63, 3.8) is 0 Å². The maximum atomic E-state index is 10.7. The molecular weight excluding hydrogens is 130 g/mol. The van der Waals surface area contributed by atoms with Crippen LogP contribution in [0.4, 0.5) is 0 Å². The molecule has 10 heavy (non-hydrogen) atoms. The van der Waals surface area contributed by atoms with Gasteiger partial charge in [0.25, 0.3) is 0 Å². The van der Waals surface area contributed by atoms with Crippen LogP contribution < -0.4 is 0 Å². The van der Waals surface area contributed by atoms with Crippen molar-refractivity contribution in [2.24, 2.45) is 0 Å². The molecule has 1 N–H and O–H groups in total. The summed E-state index contributed by atoms with van der Waals surface area (Å²) < 4.78 is 0. The van der Waals surface area contributed by atoms with Crippen molar-refractivity contribution in [2.75, 3.05) is 13.1 Å². The molecule has 0 spiro atoms. The lowest BCUT2D eigenvalue weighted by Gasteiger charge is -2.19. The molecule has 0 aliphatic heterocycles. The summed E-state index contributed by atoms with van der Waals surface area (Å²) in [4.78, 5) is 12.3. The Morgan fingerprint density at radius 1 is 1.70 bits per heavy atom. The lowest BCUT2D eigenvalue weighted by atomic mass is 10.3. The van der Waals surface area contributed by atoms with Crippen LogP contribution in [0, 0.1) is 0 Å². The molecule has 0 bridgehead atoms. The second-order valence-corrected chi connectivity index (χ2v) is 2.41. The standard InChI is InChI=1S/C7H15NO2/c1-4-8(7(3)10)5-6(2)9/h6,9H,4-5H2,1-3H3/t6-/m0/s1. The van der Waals surface area contributed by atoms with Crippen molar-refractivity contribution in [1.82, 2.24) is 4.90 Å². The van der Waals surface area contributed by atoms with Crippen LogP contribution in [0.5, 0.6) is 0 Å². The summed E-state index contributed by atoms with van der Waals surface area (Å²) in [7, 11) is 0. The van der Waals surface area contributed by atoms with Gasteiger partial charge in [-0.25, -0.2) is 0 Å². The monoisotopic (exact) mass is 145 g/mol. The summed E-state index contributed by atoms with van der Waals surface area (Å²) in [6.45, 7) is 6.17. The van der Waals surface area contributed by atoms with Gasteiger partial charge in [0.2, 0.25) is 5.91 Å². The highest BCUT2D eigenvalue weighted by Gasteiger charge is 2.07. The SMILES string of the molecule is CCN(C[C@H](C)O)C(C)=O. The Bertz CT molecular complexity index is 112. The van der Waals surface area contributed by atoms with Crippen molar-refractivity contribution < 1.29 is 9.90 Å². The van der Waals surface area contributed by atoms with Crippen LogP contribution >= 0.6 is 0 Å². The van der Waals surface area contributed by atoms with Crippen LogP contribution in [0.25, 0.3) is 0 Å². The fourth-order valence-electron chi connectivity index (χ4n) is 0.799. The zero-order chi connectivity index (χ0) is 8.15. The van der Waals surface area contributed by atoms with Gasteiger partial charge in [0.15, 0.2) is 0 Å². The molecule has 60 valence electrons. The minimum atomic E-state index is -0.427. The summed E-state index contributed by atoms with van der Waals surface area (Å²) in [5.41, 5.74) is 0. The number of carbonyl (C=O) groups is 1. The van der Waals surface area contributed by atoms with E-state index in [1.54, 1.807) is 11.8 Å². The molecule has 3 nitrogen and oxygen atoms in total. The number of hydrogen-bond acceptors (Lipinski definition) is 2. The van der Waals surface area contributed by atoms with Gasteiger partial charge in [-0.05, 0) is 13.8 Å². The number of amides is 1. The molecule has 0 unspecified atom stereocenters. The summed E-state index contributed by atoms with van der Waals surface area (Å²) in [5.74, 6) is 0.0170. The highest BCUT2D eigenvalue weighted by Crippen LogP contribution is 1.91. The molecule has 0 radical (unpaired) electrons. The zero-order valence-electron chi connectivity index (χ0n) is 6.79. The van der Waals surface area contributed by atoms with Gasteiger partial charge < -0.3 is 10.0 Å². The number of aliphatic hydroxyl groups excluding tert-OH is 1. The Balaban J connectivity index is 3.72. The molecular formula is C7H15NO2. The molecule has 0 aliphatic rings. The number of likely N-dealkylation sites (N-methyl/N-ethyl adjacent to an activating group) is 1. The van der Waals surface area contributed by atoms with Crippen LogP contribution in [-0.2, 0) is 4.79 Å². The van der Waals surface area contributed by atoms with Crippen molar-refractivity contribution in [1.29, 1.82) is 0 Å². The molecule has 0 saturated heterocycles. The van der Waals surface area contributed by atoms with Gasteiger partial charge in [-0.2, -0.15) is 0 Å².